The number of ether oxygens (including phenoxy) is 2. The van der Waals surface area contributed by atoms with Crippen LogP contribution in [-0.2, 0) is 0 Å². The number of anilines is 3. The van der Waals surface area contributed by atoms with Crippen LogP contribution in [0.1, 0.15) is 5.56 Å². The van der Waals surface area contributed by atoms with Gasteiger partial charge in [0.15, 0.2) is 0 Å². The Kier molecular flexibility index (Phi) is 4.21. The molecule has 7 nitrogen and oxygen atoms in total. The third kappa shape index (κ3) is 2.72. The largest absolute Gasteiger partial charge is 0.497 e. The molecule has 1 aromatic carbocycles. The summed E-state index contributed by atoms with van der Waals surface area (Å²) in [6.07, 6.45) is 1.43. The molecule has 20 heavy (non-hydrogen) atoms. The average Bonchev–Trinajstić information content (AvgIpc) is 2.49. The highest BCUT2D eigenvalue weighted by Crippen LogP contribution is 2.32. The van der Waals surface area contributed by atoms with Crippen LogP contribution in [-0.4, -0.2) is 24.2 Å². The fourth-order valence-electron chi connectivity index (χ4n) is 1.76. The minimum absolute atomic E-state index is 0.560. The van der Waals surface area contributed by atoms with Crippen molar-refractivity contribution in [1.82, 2.24) is 9.97 Å². The Morgan fingerprint density at radius 1 is 1.10 bits per heavy atom. The van der Waals surface area contributed by atoms with Crippen LogP contribution >= 0.6 is 0 Å². The van der Waals surface area contributed by atoms with Crippen LogP contribution in [0.25, 0.3) is 0 Å². The summed E-state index contributed by atoms with van der Waals surface area (Å²) < 4.78 is 10.5. The summed E-state index contributed by atoms with van der Waals surface area (Å²) in [5.41, 5.74) is 4.08. The minimum atomic E-state index is 0.560. The zero-order valence-corrected chi connectivity index (χ0v) is 11.6. The number of hydrazine groups is 1. The van der Waals surface area contributed by atoms with Crippen molar-refractivity contribution >= 4 is 17.3 Å². The molecule has 7 heteroatoms. The smallest absolute Gasteiger partial charge is 0.148 e. The fourth-order valence-corrected chi connectivity index (χ4v) is 1.76. The monoisotopic (exact) mass is 275 g/mol. The molecule has 2 rings (SSSR count). The van der Waals surface area contributed by atoms with E-state index in [1.807, 2.05) is 25.1 Å². The number of methoxy groups -OCH3 is 2. The highest BCUT2D eigenvalue weighted by Gasteiger charge is 2.10. The summed E-state index contributed by atoms with van der Waals surface area (Å²) in [6.45, 7) is 1.87. The minimum Gasteiger partial charge on any atom is -0.497 e. The van der Waals surface area contributed by atoms with E-state index in [2.05, 4.69) is 20.7 Å². The van der Waals surface area contributed by atoms with Crippen LogP contribution < -0.4 is 26.1 Å². The van der Waals surface area contributed by atoms with Crippen LogP contribution in [0.5, 0.6) is 11.5 Å². The molecule has 0 aliphatic carbocycles. The molecule has 0 amide bonds. The number of aromatic nitrogens is 2. The third-order valence-electron chi connectivity index (χ3n) is 2.88. The second-order valence-electron chi connectivity index (χ2n) is 4.03. The van der Waals surface area contributed by atoms with Gasteiger partial charge in [-0.1, -0.05) is 0 Å². The van der Waals surface area contributed by atoms with Crippen molar-refractivity contribution in [2.24, 2.45) is 5.84 Å². The number of nitrogens with one attached hydrogen (secondary N) is 2. The molecule has 0 radical (unpaired) electrons. The molecule has 4 N–H and O–H groups in total. The second kappa shape index (κ2) is 6.07. The van der Waals surface area contributed by atoms with Crippen molar-refractivity contribution in [3.63, 3.8) is 0 Å². The molecule has 0 bridgehead atoms. The number of benzene rings is 1. The lowest BCUT2D eigenvalue weighted by molar-refractivity contribution is 0.405. The van der Waals surface area contributed by atoms with E-state index in [1.165, 1.54) is 6.33 Å². The first-order chi connectivity index (χ1) is 9.69. The maximum absolute atomic E-state index is 5.40. The van der Waals surface area contributed by atoms with E-state index < -0.39 is 0 Å². The molecule has 0 aliphatic rings. The standard InChI is InChI=1S/C13H17N5O2/c1-8-12(15-7-16-13(8)18-14)17-10-6-9(19-2)4-5-11(10)20-3/h4-7H,14H2,1-3H3,(H2,15,16,17,18). The molecule has 0 fully saturated rings. The maximum atomic E-state index is 5.40. The van der Waals surface area contributed by atoms with Crippen molar-refractivity contribution in [3.05, 3.63) is 30.1 Å². The summed E-state index contributed by atoms with van der Waals surface area (Å²) in [5.74, 6) is 8.01. The van der Waals surface area contributed by atoms with E-state index in [9.17, 15) is 0 Å². The number of rotatable bonds is 5. The molecule has 0 unspecified atom stereocenters. The number of nitrogen functional groups attached to an aromatic ring is 1. The molecule has 2 aromatic rings. The SMILES string of the molecule is COc1ccc(OC)c(Nc2ncnc(NN)c2C)c1. The lowest BCUT2D eigenvalue weighted by Crippen LogP contribution is -2.11. The van der Waals surface area contributed by atoms with Crippen LogP contribution in [0.3, 0.4) is 0 Å². The molecule has 0 atom stereocenters. The van der Waals surface area contributed by atoms with E-state index in [4.69, 9.17) is 15.3 Å². The van der Waals surface area contributed by atoms with E-state index >= 15 is 0 Å². The van der Waals surface area contributed by atoms with Crippen LogP contribution in [0.2, 0.25) is 0 Å². The number of hydrogen-bond acceptors (Lipinski definition) is 7. The quantitative estimate of drug-likeness (QED) is 0.566. The third-order valence-corrected chi connectivity index (χ3v) is 2.88. The molecule has 106 valence electrons. The Hall–Kier alpha value is -2.54. The Morgan fingerprint density at radius 2 is 1.85 bits per heavy atom. The Morgan fingerprint density at radius 3 is 2.50 bits per heavy atom. The van der Waals surface area contributed by atoms with Gasteiger partial charge in [-0.3, -0.25) is 0 Å². The van der Waals surface area contributed by atoms with Gasteiger partial charge in [0, 0.05) is 11.6 Å². The summed E-state index contributed by atoms with van der Waals surface area (Å²) in [4.78, 5) is 8.23. The van der Waals surface area contributed by atoms with Gasteiger partial charge in [0.25, 0.3) is 0 Å². The molecule has 0 saturated carbocycles. The topological polar surface area (TPSA) is 94.3 Å². The molecular weight excluding hydrogens is 258 g/mol. The van der Waals surface area contributed by atoms with Crippen LogP contribution in [0.15, 0.2) is 24.5 Å². The van der Waals surface area contributed by atoms with Gasteiger partial charge >= 0.3 is 0 Å². The molecule has 1 heterocycles. The predicted molar refractivity (Wildman–Crippen MR) is 77.4 cm³/mol. The van der Waals surface area contributed by atoms with Gasteiger partial charge in [0.1, 0.15) is 29.5 Å². The van der Waals surface area contributed by atoms with E-state index in [0.29, 0.717) is 17.4 Å². The highest BCUT2D eigenvalue weighted by atomic mass is 16.5. The number of nitrogens with zero attached hydrogens (tertiary/aromatic N) is 2. The Balaban J connectivity index is 2.38. The second-order valence-corrected chi connectivity index (χ2v) is 4.03. The van der Waals surface area contributed by atoms with Gasteiger partial charge in [0.05, 0.1) is 19.9 Å². The van der Waals surface area contributed by atoms with Crippen molar-refractivity contribution < 1.29 is 9.47 Å². The molecule has 0 spiro atoms. The first-order valence-electron chi connectivity index (χ1n) is 5.97. The van der Waals surface area contributed by atoms with Crippen molar-refractivity contribution in [2.75, 3.05) is 25.0 Å². The summed E-state index contributed by atoms with van der Waals surface area (Å²) >= 11 is 0. The zero-order chi connectivity index (χ0) is 14.5. The number of nitrogens with two attached hydrogens (primary N) is 1. The normalized spacial score (nSPS) is 10.0. The van der Waals surface area contributed by atoms with Crippen LogP contribution in [0.4, 0.5) is 17.3 Å². The molecule has 0 saturated heterocycles. The van der Waals surface area contributed by atoms with Gasteiger partial charge in [0.2, 0.25) is 0 Å². The summed E-state index contributed by atoms with van der Waals surface area (Å²) in [6, 6.07) is 5.47. The average molecular weight is 275 g/mol. The first kappa shape index (κ1) is 13.9. The van der Waals surface area contributed by atoms with Gasteiger partial charge in [-0.15, -0.1) is 0 Å². The van der Waals surface area contributed by atoms with E-state index in [-0.39, 0.29) is 0 Å². The van der Waals surface area contributed by atoms with E-state index in [0.717, 1.165) is 17.0 Å². The fraction of sp³-hybridized carbons (Fsp3) is 0.231. The lowest BCUT2D eigenvalue weighted by Gasteiger charge is -2.14. The molecule has 0 aliphatic heterocycles. The first-order valence-corrected chi connectivity index (χ1v) is 5.97. The number of hydrogen-bond donors (Lipinski definition) is 3. The molecular formula is C13H17N5O2. The predicted octanol–water partition coefficient (Wildman–Crippen LogP) is 1.83. The molecule has 1 aromatic heterocycles. The zero-order valence-electron chi connectivity index (χ0n) is 11.6. The van der Waals surface area contributed by atoms with Gasteiger partial charge < -0.3 is 20.2 Å². The van der Waals surface area contributed by atoms with Gasteiger partial charge in [-0.2, -0.15) is 0 Å². The van der Waals surface area contributed by atoms with Gasteiger partial charge in [-0.25, -0.2) is 15.8 Å². The van der Waals surface area contributed by atoms with Gasteiger partial charge in [-0.05, 0) is 19.1 Å². The Labute approximate surface area is 117 Å². The van der Waals surface area contributed by atoms with Crippen molar-refractivity contribution in [3.8, 4) is 11.5 Å². The Bertz CT molecular complexity index is 603. The van der Waals surface area contributed by atoms with Crippen LogP contribution in [0, 0.1) is 6.92 Å². The maximum Gasteiger partial charge on any atom is 0.148 e. The summed E-state index contributed by atoms with van der Waals surface area (Å²) in [5, 5.41) is 3.19. The van der Waals surface area contributed by atoms with E-state index in [1.54, 1.807) is 14.2 Å². The van der Waals surface area contributed by atoms with Crippen molar-refractivity contribution in [1.29, 1.82) is 0 Å². The summed E-state index contributed by atoms with van der Waals surface area (Å²) in [7, 11) is 3.21. The lowest BCUT2D eigenvalue weighted by atomic mass is 10.2. The van der Waals surface area contributed by atoms with Crippen molar-refractivity contribution in [2.45, 2.75) is 6.92 Å². The highest BCUT2D eigenvalue weighted by molar-refractivity contribution is 5.70.